The smallest absolute Gasteiger partial charge is 0.262 e. The number of imide groups is 2. The van der Waals surface area contributed by atoms with Crippen LogP contribution in [0, 0.1) is 17.3 Å². The zero-order chi connectivity index (χ0) is 21.8. The number of nitrogens with two attached hydrogens (primary N) is 1. The van der Waals surface area contributed by atoms with Crippen LogP contribution in [0.15, 0.2) is 18.2 Å². The summed E-state index contributed by atoms with van der Waals surface area (Å²) in [5.74, 6) is -0.376. The average molecular weight is 425 g/mol. The topological polar surface area (TPSA) is 122 Å². The monoisotopic (exact) mass is 424 g/mol. The molecule has 0 radical (unpaired) electrons. The number of hydrogen-bond donors (Lipinski definition) is 3. The fourth-order valence-corrected chi connectivity index (χ4v) is 6.10. The van der Waals surface area contributed by atoms with Gasteiger partial charge in [-0.2, -0.15) is 0 Å². The third-order valence-corrected chi connectivity index (χ3v) is 7.75. The van der Waals surface area contributed by atoms with Gasteiger partial charge in [-0.25, -0.2) is 0 Å². The van der Waals surface area contributed by atoms with Crippen LogP contribution in [-0.4, -0.2) is 47.7 Å². The quantitative estimate of drug-likeness (QED) is 0.618. The van der Waals surface area contributed by atoms with Crippen molar-refractivity contribution < 1.29 is 19.2 Å². The molecule has 2 aliphatic heterocycles. The Balaban J connectivity index is 1.31. The van der Waals surface area contributed by atoms with Gasteiger partial charge in [0.15, 0.2) is 0 Å². The van der Waals surface area contributed by atoms with Gasteiger partial charge in [0.1, 0.15) is 6.04 Å². The lowest BCUT2D eigenvalue weighted by Gasteiger charge is -2.29. The maximum absolute atomic E-state index is 13.0. The zero-order valence-electron chi connectivity index (χ0n) is 17.5. The lowest BCUT2D eigenvalue weighted by molar-refractivity contribution is -0.136. The van der Waals surface area contributed by atoms with E-state index in [4.69, 9.17) is 5.73 Å². The van der Waals surface area contributed by atoms with E-state index in [1.165, 1.54) is 19.3 Å². The lowest BCUT2D eigenvalue weighted by Crippen LogP contribution is -2.54. The second-order valence-corrected chi connectivity index (χ2v) is 9.62. The molecule has 8 nitrogen and oxygen atoms in total. The van der Waals surface area contributed by atoms with Gasteiger partial charge in [0, 0.05) is 24.1 Å². The molecule has 2 aliphatic carbocycles. The molecular weight excluding hydrogens is 396 g/mol. The molecule has 3 unspecified atom stereocenters. The number of nitrogens with zero attached hydrogens (tertiary/aromatic N) is 1. The summed E-state index contributed by atoms with van der Waals surface area (Å²) in [5, 5.41) is 5.67. The van der Waals surface area contributed by atoms with E-state index in [1.54, 1.807) is 18.2 Å². The van der Waals surface area contributed by atoms with Crippen LogP contribution in [0.2, 0.25) is 0 Å². The van der Waals surface area contributed by atoms with Gasteiger partial charge in [0.25, 0.3) is 11.8 Å². The first kappa shape index (κ1) is 20.2. The molecule has 1 aromatic rings. The largest absolute Gasteiger partial charge is 0.384 e. The number of carbonyl (C=O) groups excluding carboxylic acids is 4. The molecule has 2 heterocycles. The van der Waals surface area contributed by atoms with Crippen LogP contribution in [0.5, 0.6) is 0 Å². The highest BCUT2D eigenvalue weighted by Gasteiger charge is 2.47. The van der Waals surface area contributed by atoms with Gasteiger partial charge in [-0.1, -0.05) is 19.3 Å². The Labute approximate surface area is 180 Å². The molecule has 0 bridgehead atoms. The molecule has 4 aliphatic rings. The predicted molar refractivity (Wildman–Crippen MR) is 113 cm³/mol. The molecular formula is C23H28N4O4. The highest BCUT2D eigenvalue weighted by atomic mass is 16.2. The van der Waals surface area contributed by atoms with Crippen LogP contribution >= 0.6 is 0 Å². The summed E-state index contributed by atoms with van der Waals surface area (Å²) in [6, 6.07) is 4.20. The molecule has 3 atom stereocenters. The van der Waals surface area contributed by atoms with Gasteiger partial charge in [0.2, 0.25) is 11.8 Å². The van der Waals surface area contributed by atoms with Crippen LogP contribution < -0.4 is 16.4 Å². The molecule has 0 aromatic heterocycles. The molecule has 31 heavy (non-hydrogen) atoms. The zero-order valence-corrected chi connectivity index (χ0v) is 17.5. The summed E-state index contributed by atoms with van der Waals surface area (Å²) in [6.45, 7) is 1.38. The van der Waals surface area contributed by atoms with Crippen molar-refractivity contribution in [2.45, 2.75) is 51.0 Å². The minimum Gasteiger partial charge on any atom is -0.384 e. The number of carbonyl (C=O) groups is 4. The summed E-state index contributed by atoms with van der Waals surface area (Å²) in [7, 11) is 0. The molecule has 0 spiro atoms. The molecule has 1 saturated heterocycles. The molecule has 2 saturated carbocycles. The first-order chi connectivity index (χ1) is 14.9. The summed E-state index contributed by atoms with van der Waals surface area (Å²) in [4.78, 5) is 50.4. The van der Waals surface area contributed by atoms with Crippen molar-refractivity contribution in [3.05, 3.63) is 29.3 Å². The van der Waals surface area contributed by atoms with E-state index in [9.17, 15) is 19.2 Å². The van der Waals surface area contributed by atoms with Gasteiger partial charge in [-0.15, -0.1) is 0 Å². The first-order valence-electron chi connectivity index (χ1n) is 11.2. The van der Waals surface area contributed by atoms with E-state index in [1.807, 2.05) is 0 Å². The van der Waals surface area contributed by atoms with Crippen LogP contribution in [0.1, 0.15) is 65.7 Å². The predicted octanol–water partition coefficient (Wildman–Crippen LogP) is 1.65. The summed E-state index contributed by atoms with van der Waals surface area (Å²) >= 11 is 0. The third kappa shape index (κ3) is 3.33. The Kier molecular flexibility index (Phi) is 4.84. The van der Waals surface area contributed by atoms with Gasteiger partial charge >= 0.3 is 0 Å². The number of benzene rings is 1. The maximum Gasteiger partial charge on any atom is 0.262 e. The van der Waals surface area contributed by atoms with Gasteiger partial charge in [-0.05, 0) is 55.8 Å². The van der Waals surface area contributed by atoms with Crippen LogP contribution in [0.3, 0.4) is 0 Å². The first-order valence-corrected chi connectivity index (χ1v) is 11.2. The van der Waals surface area contributed by atoms with Gasteiger partial charge in [-0.3, -0.25) is 29.4 Å². The van der Waals surface area contributed by atoms with Crippen LogP contribution in [-0.2, 0) is 9.59 Å². The molecule has 4 amide bonds. The minimum absolute atomic E-state index is 0.0767. The highest BCUT2D eigenvalue weighted by Crippen LogP contribution is 2.52. The lowest BCUT2D eigenvalue weighted by atomic mass is 9.83. The Hall–Kier alpha value is -2.74. The van der Waals surface area contributed by atoms with Crippen molar-refractivity contribution in [2.24, 2.45) is 23.0 Å². The van der Waals surface area contributed by atoms with Crippen molar-refractivity contribution in [3.8, 4) is 0 Å². The number of nitrogens with one attached hydrogen (secondary N) is 2. The standard InChI is InChI=1S/C23H28N4O4/c24-11-23(9-13-2-1-3-14(13)10-23)12-25-15-4-5-16-17(8-15)22(31)27(21(16)30)18-6-7-19(28)26-20(18)29/h4-5,8,13-14,18,25H,1-3,6-7,9-12,24H2,(H,26,28,29). The van der Waals surface area contributed by atoms with Crippen molar-refractivity contribution in [3.63, 3.8) is 0 Å². The van der Waals surface area contributed by atoms with Crippen molar-refractivity contribution in [1.29, 1.82) is 0 Å². The molecule has 164 valence electrons. The SMILES string of the molecule is NCC1(CNc2ccc3c(c2)C(=O)N(C2CCC(=O)NC2=O)C3=O)CC2CCCC2C1. The number of piperidine rings is 1. The number of anilines is 1. The van der Waals surface area contributed by atoms with E-state index in [2.05, 4.69) is 10.6 Å². The van der Waals surface area contributed by atoms with Crippen LogP contribution in [0.4, 0.5) is 5.69 Å². The fraction of sp³-hybridized carbons (Fsp3) is 0.565. The normalized spacial score (nSPS) is 32.3. The van der Waals surface area contributed by atoms with E-state index >= 15 is 0 Å². The summed E-state index contributed by atoms with van der Waals surface area (Å²) in [6.07, 6.45) is 6.49. The number of fused-ring (bicyclic) bond motifs is 2. The summed E-state index contributed by atoms with van der Waals surface area (Å²) in [5.41, 5.74) is 7.62. The van der Waals surface area contributed by atoms with Crippen LogP contribution in [0.25, 0.3) is 0 Å². The van der Waals surface area contributed by atoms with Gasteiger partial charge in [0.05, 0.1) is 11.1 Å². The van der Waals surface area contributed by atoms with Crippen molar-refractivity contribution >= 4 is 29.3 Å². The third-order valence-electron chi connectivity index (χ3n) is 7.75. The van der Waals surface area contributed by atoms with E-state index < -0.39 is 23.8 Å². The van der Waals surface area contributed by atoms with Crippen molar-refractivity contribution in [2.75, 3.05) is 18.4 Å². The number of rotatable bonds is 5. The Bertz CT molecular complexity index is 962. The highest BCUT2D eigenvalue weighted by molar-refractivity contribution is 6.23. The molecule has 1 aromatic carbocycles. The maximum atomic E-state index is 13.0. The molecule has 3 fully saturated rings. The second kappa shape index (κ2) is 7.44. The Morgan fingerprint density at radius 3 is 2.42 bits per heavy atom. The minimum atomic E-state index is -0.945. The molecule has 4 N–H and O–H groups in total. The second-order valence-electron chi connectivity index (χ2n) is 9.62. The summed E-state index contributed by atoms with van der Waals surface area (Å²) < 4.78 is 0. The van der Waals surface area contributed by atoms with E-state index in [-0.39, 0.29) is 24.2 Å². The Morgan fingerprint density at radius 2 is 1.74 bits per heavy atom. The number of amides is 4. The number of hydrogen-bond acceptors (Lipinski definition) is 6. The van der Waals surface area contributed by atoms with E-state index in [0.29, 0.717) is 17.7 Å². The van der Waals surface area contributed by atoms with E-state index in [0.717, 1.165) is 41.8 Å². The Morgan fingerprint density at radius 1 is 1.03 bits per heavy atom. The van der Waals surface area contributed by atoms with Crippen molar-refractivity contribution in [1.82, 2.24) is 10.2 Å². The molecule has 8 heteroatoms. The average Bonchev–Trinajstić information content (AvgIpc) is 3.39. The van der Waals surface area contributed by atoms with Gasteiger partial charge < -0.3 is 11.1 Å². The fourth-order valence-electron chi connectivity index (χ4n) is 6.10. The molecule has 5 rings (SSSR count).